The highest BCUT2D eigenvalue weighted by Crippen LogP contribution is 2.27. The Bertz CT molecular complexity index is 1290. The minimum Gasteiger partial charge on any atom is -0.462 e. The average molecular weight is 480 g/mol. The summed E-state index contributed by atoms with van der Waals surface area (Å²) < 4.78 is 7.74. The van der Waals surface area contributed by atoms with E-state index in [1.54, 1.807) is 41.3 Å². The van der Waals surface area contributed by atoms with Crippen molar-refractivity contribution in [2.24, 2.45) is 5.92 Å². The van der Waals surface area contributed by atoms with E-state index < -0.39 is 6.10 Å². The lowest BCUT2D eigenvalue weighted by Gasteiger charge is -2.39. The van der Waals surface area contributed by atoms with E-state index in [-0.39, 0.29) is 24.3 Å². The molecule has 1 amide bonds. The number of aliphatic hydroxyl groups excluding tert-OH is 1. The van der Waals surface area contributed by atoms with E-state index in [0.29, 0.717) is 47.2 Å². The number of halogens is 1. The van der Waals surface area contributed by atoms with Gasteiger partial charge in [-0.05, 0) is 24.3 Å². The molecule has 2 N–H and O–H groups in total. The summed E-state index contributed by atoms with van der Waals surface area (Å²) >= 11 is 6.34. The summed E-state index contributed by atoms with van der Waals surface area (Å²) in [4.78, 5) is 27.9. The van der Waals surface area contributed by atoms with Crippen LogP contribution in [0, 0.1) is 5.92 Å². The lowest BCUT2D eigenvalue weighted by atomic mass is 10.0. The lowest BCUT2D eigenvalue weighted by molar-refractivity contribution is -0.124. The molecule has 34 heavy (non-hydrogen) atoms. The molecule has 1 aliphatic rings. The van der Waals surface area contributed by atoms with Gasteiger partial charge in [0, 0.05) is 38.4 Å². The number of likely N-dealkylation sites (tertiary alicyclic amines) is 1. The molecule has 1 aliphatic heterocycles. The third kappa shape index (κ3) is 4.56. The second-order valence-corrected chi connectivity index (χ2v) is 8.41. The van der Waals surface area contributed by atoms with Crippen molar-refractivity contribution in [1.29, 1.82) is 0 Å². The first-order valence-corrected chi connectivity index (χ1v) is 11.2. The predicted octanol–water partition coefficient (Wildman–Crippen LogP) is 2.17. The van der Waals surface area contributed by atoms with Crippen LogP contribution in [0.2, 0.25) is 5.02 Å². The van der Waals surface area contributed by atoms with E-state index in [1.807, 2.05) is 18.2 Å². The number of aromatic nitrogens is 5. The first-order chi connectivity index (χ1) is 16.6. The van der Waals surface area contributed by atoms with Crippen LogP contribution in [-0.2, 0) is 4.79 Å². The molecule has 0 spiro atoms. The number of benzene rings is 1. The number of hydrogen-bond acceptors (Lipinski definition) is 8. The van der Waals surface area contributed by atoms with Gasteiger partial charge in [0.15, 0.2) is 11.8 Å². The summed E-state index contributed by atoms with van der Waals surface area (Å²) in [5.41, 5.74) is 1.18. The van der Waals surface area contributed by atoms with Gasteiger partial charge in [-0.15, -0.1) is 0 Å². The maximum atomic E-state index is 13.1. The molecule has 1 saturated heterocycles. The first-order valence-electron chi connectivity index (χ1n) is 10.8. The number of anilines is 1. The number of para-hydroxylation sites is 1. The minimum atomic E-state index is -0.872. The third-order valence-electron chi connectivity index (χ3n) is 5.59. The Morgan fingerprint density at radius 1 is 1.18 bits per heavy atom. The van der Waals surface area contributed by atoms with Gasteiger partial charge >= 0.3 is 0 Å². The van der Waals surface area contributed by atoms with Gasteiger partial charge in [0.2, 0.25) is 5.88 Å². The molecule has 11 heteroatoms. The zero-order valence-electron chi connectivity index (χ0n) is 18.1. The Morgan fingerprint density at radius 2 is 2.00 bits per heavy atom. The Hall–Kier alpha value is -3.60. The highest BCUT2D eigenvalue weighted by atomic mass is 35.5. The molecule has 1 atom stereocenters. The van der Waals surface area contributed by atoms with E-state index >= 15 is 0 Å². The zero-order chi connectivity index (χ0) is 23.5. The fourth-order valence-electron chi connectivity index (χ4n) is 3.84. The number of nitrogens with one attached hydrogen (secondary N) is 1. The molecule has 174 valence electrons. The normalized spacial score (nSPS) is 15.1. The first kappa shape index (κ1) is 22.2. The molecule has 0 radical (unpaired) electrons. The SMILES string of the molecule is O=C(Nc1ccccn1)[C@H](CN1CC(CO)C1)Oc1ncnc2c1cnn2-c1ccccc1Cl. The van der Waals surface area contributed by atoms with E-state index in [9.17, 15) is 9.90 Å². The highest BCUT2D eigenvalue weighted by Gasteiger charge is 2.32. The molecular weight excluding hydrogens is 458 g/mol. The number of pyridine rings is 1. The molecule has 4 aromatic rings. The van der Waals surface area contributed by atoms with Crippen LogP contribution in [0.4, 0.5) is 5.82 Å². The van der Waals surface area contributed by atoms with Crippen LogP contribution in [-0.4, -0.2) is 73.0 Å². The molecule has 10 nitrogen and oxygen atoms in total. The highest BCUT2D eigenvalue weighted by molar-refractivity contribution is 6.32. The quantitative estimate of drug-likeness (QED) is 0.395. The summed E-state index contributed by atoms with van der Waals surface area (Å²) in [7, 11) is 0. The standard InChI is InChI=1S/C23H22ClN7O3/c24-17-5-1-2-6-18(17)31-21-16(9-28-31)23(27-14-26-21)34-19(12-30-10-15(11-30)13-32)22(33)29-20-7-3-4-8-25-20/h1-9,14-15,19,32H,10-13H2,(H,25,29,33)/t19-/m0/s1. The van der Waals surface area contributed by atoms with Crippen molar-refractivity contribution in [3.63, 3.8) is 0 Å². The van der Waals surface area contributed by atoms with Crippen molar-refractivity contribution in [1.82, 2.24) is 29.6 Å². The van der Waals surface area contributed by atoms with Gasteiger partial charge in [0.25, 0.3) is 5.91 Å². The molecule has 3 aromatic heterocycles. The number of fused-ring (bicyclic) bond motifs is 1. The van der Waals surface area contributed by atoms with Gasteiger partial charge in [-0.25, -0.2) is 19.6 Å². The van der Waals surface area contributed by atoms with E-state index in [1.165, 1.54) is 6.33 Å². The van der Waals surface area contributed by atoms with E-state index in [0.717, 1.165) is 0 Å². The number of carbonyl (C=O) groups is 1. The molecular formula is C23H22ClN7O3. The van der Waals surface area contributed by atoms with Gasteiger partial charge in [0.05, 0.1) is 16.9 Å². The summed E-state index contributed by atoms with van der Waals surface area (Å²) in [6.45, 7) is 1.84. The largest absolute Gasteiger partial charge is 0.462 e. The molecule has 1 fully saturated rings. The lowest BCUT2D eigenvalue weighted by Crippen LogP contribution is -2.54. The summed E-state index contributed by atoms with van der Waals surface area (Å²) in [6.07, 6.45) is 3.69. The van der Waals surface area contributed by atoms with Crippen molar-refractivity contribution in [2.75, 3.05) is 31.6 Å². The predicted molar refractivity (Wildman–Crippen MR) is 126 cm³/mol. The minimum absolute atomic E-state index is 0.121. The average Bonchev–Trinajstić information content (AvgIpc) is 3.26. The second-order valence-electron chi connectivity index (χ2n) is 8.00. The second kappa shape index (κ2) is 9.72. The number of rotatable bonds is 8. The van der Waals surface area contributed by atoms with Crippen LogP contribution < -0.4 is 10.1 Å². The maximum absolute atomic E-state index is 13.1. The smallest absolute Gasteiger partial charge is 0.268 e. The Morgan fingerprint density at radius 3 is 2.76 bits per heavy atom. The zero-order valence-corrected chi connectivity index (χ0v) is 18.8. The molecule has 0 aliphatic carbocycles. The molecule has 5 rings (SSSR count). The Labute approximate surface area is 200 Å². The van der Waals surface area contributed by atoms with Crippen LogP contribution in [0.1, 0.15) is 0 Å². The molecule has 0 bridgehead atoms. The molecule has 0 saturated carbocycles. The monoisotopic (exact) mass is 479 g/mol. The van der Waals surface area contributed by atoms with Gasteiger partial charge in [-0.1, -0.05) is 29.8 Å². The van der Waals surface area contributed by atoms with E-state index in [2.05, 4.69) is 30.3 Å². The number of carbonyl (C=O) groups excluding carboxylic acids is 1. The molecule has 4 heterocycles. The van der Waals surface area contributed by atoms with Crippen LogP contribution >= 0.6 is 11.6 Å². The summed E-state index contributed by atoms with van der Waals surface area (Å²) in [5.74, 6) is 0.525. The summed E-state index contributed by atoms with van der Waals surface area (Å²) in [5, 5.41) is 17.6. The number of amides is 1. The fraction of sp³-hybridized carbons (Fsp3) is 0.261. The van der Waals surface area contributed by atoms with Crippen molar-refractivity contribution in [3.05, 3.63) is 66.2 Å². The van der Waals surface area contributed by atoms with Crippen LogP contribution in [0.3, 0.4) is 0 Å². The van der Waals surface area contributed by atoms with Crippen molar-refractivity contribution < 1.29 is 14.6 Å². The molecule has 1 aromatic carbocycles. The number of ether oxygens (including phenoxy) is 1. The van der Waals surface area contributed by atoms with Crippen molar-refractivity contribution >= 4 is 34.4 Å². The van der Waals surface area contributed by atoms with E-state index in [4.69, 9.17) is 16.3 Å². The number of nitrogens with zero attached hydrogens (tertiary/aromatic N) is 6. The van der Waals surface area contributed by atoms with Crippen LogP contribution in [0.25, 0.3) is 16.7 Å². The topological polar surface area (TPSA) is 118 Å². The Balaban J connectivity index is 1.42. The van der Waals surface area contributed by atoms with Gasteiger partial charge in [0.1, 0.15) is 17.5 Å². The third-order valence-corrected chi connectivity index (χ3v) is 5.91. The summed E-state index contributed by atoms with van der Waals surface area (Å²) in [6, 6.07) is 12.6. The fourth-order valence-corrected chi connectivity index (χ4v) is 4.06. The van der Waals surface area contributed by atoms with Gasteiger partial charge in [-0.2, -0.15) is 5.10 Å². The van der Waals surface area contributed by atoms with Gasteiger partial charge in [-0.3, -0.25) is 9.69 Å². The maximum Gasteiger partial charge on any atom is 0.268 e. The van der Waals surface area contributed by atoms with Gasteiger partial charge < -0.3 is 15.2 Å². The molecule has 0 unspecified atom stereocenters. The van der Waals surface area contributed by atoms with Crippen molar-refractivity contribution in [2.45, 2.75) is 6.10 Å². The Kier molecular flexibility index (Phi) is 6.35. The number of aliphatic hydroxyl groups is 1. The van der Waals surface area contributed by atoms with Crippen LogP contribution in [0.15, 0.2) is 61.2 Å². The van der Waals surface area contributed by atoms with Crippen molar-refractivity contribution in [3.8, 4) is 11.6 Å². The van der Waals surface area contributed by atoms with Crippen LogP contribution in [0.5, 0.6) is 5.88 Å². The number of hydrogen-bond donors (Lipinski definition) is 2.